The molecule has 0 aliphatic rings. The molecule has 0 fully saturated rings. The maximum atomic E-state index is 10.3. The third-order valence-electron chi connectivity index (χ3n) is 3.30. The molecule has 1 heterocycles. The minimum absolute atomic E-state index is 0.283. The molecule has 5 N–H and O–H groups in total. The van der Waals surface area contributed by atoms with Crippen molar-refractivity contribution in [1.29, 1.82) is 0 Å². The Bertz CT molecular complexity index is 798. The van der Waals surface area contributed by atoms with E-state index >= 15 is 0 Å². The lowest BCUT2D eigenvalue weighted by molar-refractivity contribution is 0.399. The lowest BCUT2D eigenvalue weighted by atomic mass is 10.1. The molecular weight excluding hydrogens is 314 g/mol. The first-order valence-electron chi connectivity index (χ1n) is 6.89. The van der Waals surface area contributed by atoms with Gasteiger partial charge in [0.2, 0.25) is 0 Å². The van der Waals surface area contributed by atoms with Crippen LogP contribution in [0.15, 0.2) is 64.0 Å². The van der Waals surface area contributed by atoms with Gasteiger partial charge in [-0.15, -0.1) is 0 Å². The number of nitrogens with two attached hydrogens (primary N) is 1. The molecule has 0 bridgehead atoms. The average molecular weight is 331 g/mol. The van der Waals surface area contributed by atoms with Crippen LogP contribution in [0.5, 0.6) is 0 Å². The van der Waals surface area contributed by atoms with Crippen molar-refractivity contribution in [3.63, 3.8) is 0 Å². The van der Waals surface area contributed by atoms with Gasteiger partial charge in [0.1, 0.15) is 5.76 Å². The first kappa shape index (κ1) is 15.4. The van der Waals surface area contributed by atoms with Gasteiger partial charge < -0.3 is 10.3 Å². The van der Waals surface area contributed by atoms with E-state index in [0.29, 0.717) is 16.3 Å². The van der Waals surface area contributed by atoms with E-state index in [9.17, 15) is 9.11 Å². The molecule has 3 rings (SSSR count). The number of hydrogen-bond acceptors (Lipinski definition) is 6. The van der Waals surface area contributed by atoms with E-state index in [4.69, 9.17) is 10.3 Å². The van der Waals surface area contributed by atoms with E-state index in [1.54, 1.807) is 25.1 Å². The Kier molecular flexibility index (Phi) is 3.99. The van der Waals surface area contributed by atoms with Gasteiger partial charge in [0, 0.05) is 11.8 Å². The summed E-state index contributed by atoms with van der Waals surface area (Å²) in [5, 5.41) is 3.70. The summed E-state index contributed by atoms with van der Waals surface area (Å²) in [6.45, 7) is 1.73. The molecule has 0 aliphatic carbocycles. The monoisotopic (exact) mass is 331 g/mol. The van der Waals surface area contributed by atoms with Crippen molar-refractivity contribution in [2.24, 2.45) is 0 Å². The van der Waals surface area contributed by atoms with Gasteiger partial charge in [0.15, 0.2) is 5.82 Å². The summed E-state index contributed by atoms with van der Waals surface area (Å²) in [6.07, 6.45) is 0. The van der Waals surface area contributed by atoms with Gasteiger partial charge in [-0.3, -0.25) is 13.8 Å². The van der Waals surface area contributed by atoms with E-state index < -0.39 is 10.8 Å². The lowest BCUT2D eigenvalue weighted by Crippen LogP contribution is -2.09. The lowest BCUT2D eigenvalue weighted by Gasteiger charge is -2.32. The quantitative estimate of drug-likeness (QED) is 0.529. The fourth-order valence-corrected chi connectivity index (χ4v) is 3.15. The van der Waals surface area contributed by atoms with Gasteiger partial charge in [0.05, 0.1) is 4.90 Å². The van der Waals surface area contributed by atoms with Crippen molar-refractivity contribution in [3.05, 3.63) is 60.4 Å². The Labute approximate surface area is 135 Å². The largest absolute Gasteiger partial charge is 0.399 e. The number of rotatable bonds is 4. The fraction of sp³-hybridized carbons (Fsp3) is 0.0625. The van der Waals surface area contributed by atoms with Crippen molar-refractivity contribution in [1.82, 2.24) is 5.16 Å². The van der Waals surface area contributed by atoms with Crippen LogP contribution >= 0.6 is 10.8 Å². The first-order chi connectivity index (χ1) is 10.9. The van der Waals surface area contributed by atoms with Crippen molar-refractivity contribution in [2.45, 2.75) is 11.8 Å². The summed E-state index contributed by atoms with van der Waals surface area (Å²) in [6, 6.07) is 16.1. The molecule has 6 nitrogen and oxygen atoms in total. The summed E-state index contributed by atoms with van der Waals surface area (Å²) in [4.78, 5) is 0.373. The second-order valence-electron chi connectivity index (χ2n) is 5.12. The van der Waals surface area contributed by atoms with E-state index in [0.717, 1.165) is 11.1 Å². The summed E-state index contributed by atoms with van der Waals surface area (Å²) in [7, 11) is -3.20. The van der Waals surface area contributed by atoms with Crippen molar-refractivity contribution >= 4 is 22.3 Å². The summed E-state index contributed by atoms with van der Waals surface area (Å²) >= 11 is 0. The highest BCUT2D eigenvalue weighted by molar-refractivity contribution is 8.25. The average Bonchev–Trinajstić information content (AvgIpc) is 2.92. The van der Waals surface area contributed by atoms with Crippen LogP contribution in [0.2, 0.25) is 0 Å². The molecule has 0 unspecified atom stereocenters. The van der Waals surface area contributed by atoms with Crippen molar-refractivity contribution in [2.75, 3.05) is 10.5 Å². The summed E-state index contributed by atoms with van der Waals surface area (Å²) < 4.78 is 28.0. The minimum atomic E-state index is -3.20. The summed E-state index contributed by atoms with van der Waals surface area (Å²) in [5.41, 5.74) is 8.34. The maximum Gasteiger partial charge on any atom is 0.187 e. The normalized spacial score (nSPS) is 12.1. The molecule has 120 valence electrons. The van der Waals surface area contributed by atoms with Crippen LogP contribution in [0.4, 0.5) is 11.5 Å². The van der Waals surface area contributed by atoms with Gasteiger partial charge in [-0.25, -0.2) is 0 Å². The number of nitrogens with one attached hydrogen (secondary N) is 1. The van der Waals surface area contributed by atoms with E-state index in [-0.39, 0.29) is 5.82 Å². The molecule has 0 atom stereocenters. The number of benzene rings is 2. The van der Waals surface area contributed by atoms with Crippen molar-refractivity contribution < 1.29 is 13.6 Å². The molecule has 0 spiro atoms. The zero-order chi connectivity index (χ0) is 16.4. The second-order valence-corrected chi connectivity index (χ2v) is 6.89. The number of nitrogen functional groups attached to an aromatic ring is 1. The van der Waals surface area contributed by atoms with Crippen LogP contribution in [-0.4, -0.2) is 14.3 Å². The highest BCUT2D eigenvalue weighted by Crippen LogP contribution is 2.47. The van der Waals surface area contributed by atoms with Crippen molar-refractivity contribution in [3.8, 4) is 11.1 Å². The van der Waals surface area contributed by atoms with Gasteiger partial charge in [-0.1, -0.05) is 40.2 Å². The highest BCUT2D eigenvalue weighted by Gasteiger charge is 2.17. The van der Waals surface area contributed by atoms with Crippen LogP contribution in [0.25, 0.3) is 11.1 Å². The van der Waals surface area contributed by atoms with Crippen LogP contribution in [0.1, 0.15) is 5.76 Å². The Balaban J connectivity index is 1.81. The maximum absolute atomic E-state index is 10.3. The van der Waals surface area contributed by atoms with Gasteiger partial charge in [-0.05, 0) is 42.3 Å². The number of aromatic nitrogens is 1. The predicted molar refractivity (Wildman–Crippen MR) is 92.3 cm³/mol. The standard InChI is InChI=1S/C16H17N3O3S/c1-11-10-16(18-22-11)19-23(20,21)15-8-4-13(5-9-15)12-2-6-14(17)7-3-12/h2-10,20-21H,17H2,1H3,(H,18,19). The third kappa shape index (κ3) is 3.48. The first-order valence-corrected chi connectivity index (χ1v) is 8.44. The molecule has 3 aromatic rings. The Morgan fingerprint density at radius 1 is 1.00 bits per heavy atom. The van der Waals surface area contributed by atoms with Gasteiger partial charge in [0.25, 0.3) is 0 Å². The Hall–Kier alpha value is -2.48. The molecule has 0 saturated heterocycles. The van der Waals surface area contributed by atoms with E-state index in [1.807, 2.05) is 36.4 Å². The molecule has 7 heteroatoms. The molecule has 2 aromatic carbocycles. The van der Waals surface area contributed by atoms with Crippen LogP contribution in [0, 0.1) is 6.92 Å². The van der Waals surface area contributed by atoms with Crippen LogP contribution in [-0.2, 0) is 0 Å². The summed E-state index contributed by atoms with van der Waals surface area (Å²) in [5.74, 6) is 0.867. The second kappa shape index (κ2) is 5.96. The zero-order valence-corrected chi connectivity index (χ0v) is 13.2. The van der Waals surface area contributed by atoms with Crippen LogP contribution in [0.3, 0.4) is 0 Å². The van der Waals surface area contributed by atoms with Crippen LogP contribution < -0.4 is 10.5 Å². The third-order valence-corrected chi connectivity index (χ3v) is 4.73. The SMILES string of the molecule is Cc1cc(NS(O)(O)c2ccc(-c3ccc(N)cc3)cc2)no1. The minimum Gasteiger partial charge on any atom is -0.399 e. The van der Waals surface area contributed by atoms with E-state index in [1.165, 1.54) is 0 Å². The highest BCUT2D eigenvalue weighted by atomic mass is 32.3. The van der Waals surface area contributed by atoms with Gasteiger partial charge >= 0.3 is 0 Å². The molecule has 1 aromatic heterocycles. The topological polar surface area (TPSA) is 105 Å². The zero-order valence-electron chi connectivity index (χ0n) is 12.4. The Morgan fingerprint density at radius 3 is 2.09 bits per heavy atom. The van der Waals surface area contributed by atoms with E-state index in [2.05, 4.69) is 9.88 Å². The predicted octanol–water partition coefficient (Wildman–Crippen LogP) is 4.37. The molecule has 0 radical (unpaired) electrons. The number of aryl methyl sites for hydroxylation is 1. The number of hydrogen-bond donors (Lipinski definition) is 4. The molecule has 0 saturated carbocycles. The number of nitrogens with zero attached hydrogens (tertiary/aromatic N) is 1. The molecule has 0 amide bonds. The Morgan fingerprint density at radius 2 is 1.57 bits per heavy atom. The van der Waals surface area contributed by atoms with Gasteiger partial charge in [-0.2, -0.15) is 0 Å². The number of anilines is 2. The molecule has 0 aliphatic heterocycles. The molecule has 23 heavy (non-hydrogen) atoms. The fourth-order valence-electron chi connectivity index (χ4n) is 2.13. The molecular formula is C16H17N3O3S. The smallest absolute Gasteiger partial charge is 0.187 e.